The van der Waals surface area contributed by atoms with E-state index < -0.39 is 0 Å². The molecule has 1 fully saturated rings. The van der Waals surface area contributed by atoms with Crippen molar-refractivity contribution in [3.63, 3.8) is 0 Å². The Bertz CT molecular complexity index is 773. The molecule has 2 aromatic rings. The monoisotopic (exact) mass is 314 g/mol. The van der Waals surface area contributed by atoms with Crippen LogP contribution in [-0.4, -0.2) is 29.9 Å². The van der Waals surface area contributed by atoms with Crippen LogP contribution in [0.5, 0.6) is 0 Å². The molecule has 0 saturated carbocycles. The lowest BCUT2D eigenvalue weighted by molar-refractivity contribution is 0.0504. The third-order valence-corrected chi connectivity index (χ3v) is 5.28. The van der Waals surface area contributed by atoms with Gasteiger partial charge in [0.05, 0.1) is 0 Å². The van der Waals surface area contributed by atoms with Crippen LogP contribution >= 0.6 is 0 Å². The second-order valence-electron chi connectivity index (χ2n) is 7.57. The predicted octanol–water partition coefficient (Wildman–Crippen LogP) is 3.56. The van der Waals surface area contributed by atoms with Crippen LogP contribution in [0, 0.1) is 26.2 Å². The summed E-state index contributed by atoms with van der Waals surface area (Å²) in [6, 6.07) is 4.25. The number of likely N-dealkylation sites (tertiary alicyclic amines) is 1. The number of carbonyl (C=O) groups excluding carboxylic acids is 1. The molecule has 1 aliphatic heterocycles. The zero-order valence-corrected chi connectivity index (χ0v) is 14.7. The van der Waals surface area contributed by atoms with Crippen molar-refractivity contribution in [2.75, 3.05) is 13.1 Å². The van der Waals surface area contributed by atoms with E-state index in [1.807, 2.05) is 24.8 Å². The van der Waals surface area contributed by atoms with E-state index in [-0.39, 0.29) is 17.4 Å². The topological polar surface area (TPSA) is 59.5 Å². The number of carbonyl (C=O) groups is 1. The van der Waals surface area contributed by atoms with E-state index in [0.717, 1.165) is 34.1 Å². The molecule has 0 spiro atoms. The van der Waals surface area contributed by atoms with E-state index in [4.69, 9.17) is 10.2 Å². The highest BCUT2D eigenvalue weighted by Gasteiger charge is 2.37. The molecule has 0 bridgehead atoms. The van der Waals surface area contributed by atoms with Crippen molar-refractivity contribution in [1.82, 2.24) is 4.90 Å². The van der Waals surface area contributed by atoms with Gasteiger partial charge < -0.3 is 15.1 Å². The quantitative estimate of drug-likeness (QED) is 0.875. The van der Waals surface area contributed by atoms with Crippen LogP contribution in [0.1, 0.15) is 47.5 Å². The molecule has 4 heteroatoms. The van der Waals surface area contributed by atoms with E-state index in [1.54, 1.807) is 0 Å². The molecule has 1 saturated heterocycles. The minimum Gasteiger partial charge on any atom is -0.450 e. The van der Waals surface area contributed by atoms with E-state index in [1.165, 1.54) is 0 Å². The van der Waals surface area contributed by atoms with Crippen molar-refractivity contribution in [2.45, 2.75) is 47.1 Å². The SMILES string of the molecule is Cc1ccc(C)c2c(C)c(C(=O)N3CCC(N)C(C)(C)C3)oc12. The van der Waals surface area contributed by atoms with E-state index in [2.05, 4.69) is 26.8 Å². The Morgan fingerprint density at radius 3 is 2.52 bits per heavy atom. The fraction of sp³-hybridized carbons (Fsp3) is 0.526. The highest BCUT2D eigenvalue weighted by Crippen LogP contribution is 2.33. The second-order valence-corrected chi connectivity index (χ2v) is 7.57. The van der Waals surface area contributed by atoms with Gasteiger partial charge in [-0.1, -0.05) is 26.0 Å². The Labute approximate surface area is 137 Å². The van der Waals surface area contributed by atoms with Crippen LogP contribution in [0.25, 0.3) is 11.0 Å². The summed E-state index contributed by atoms with van der Waals surface area (Å²) in [5.41, 5.74) is 10.1. The summed E-state index contributed by atoms with van der Waals surface area (Å²) in [7, 11) is 0. The number of benzene rings is 1. The lowest BCUT2D eigenvalue weighted by atomic mass is 9.79. The lowest BCUT2D eigenvalue weighted by Crippen LogP contribution is -2.54. The maximum atomic E-state index is 13.0. The molecule has 23 heavy (non-hydrogen) atoms. The van der Waals surface area contributed by atoms with Gasteiger partial charge in [0.15, 0.2) is 5.76 Å². The number of amides is 1. The van der Waals surface area contributed by atoms with Crippen molar-refractivity contribution in [1.29, 1.82) is 0 Å². The van der Waals surface area contributed by atoms with E-state index in [9.17, 15) is 4.79 Å². The molecule has 0 radical (unpaired) electrons. The zero-order chi connectivity index (χ0) is 16.9. The molecule has 0 aliphatic carbocycles. The standard InChI is InChI=1S/C19H26N2O2/c1-11-6-7-12(2)16-15(11)13(3)17(23-16)18(22)21-9-8-14(20)19(4,5)10-21/h6-7,14H,8-10,20H2,1-5H3. The second kappa shape index (κ2) is 5.38. The van der Waals surface area contributed by atoms with Crippen molar-refractivity contribution >= 4 is 16.9 Å². The molecule has 2 N–H and O–H groups in total. The highest BCUT2D eigenvalue weighted by molar-refractivity contribution is 6.00. The van der Waals surface area contributed by atoms with Crippen LogP contribution in [0.3, 0.4) is 0 Å². The van der Waals surface area contributed by atoms with Crippen LogP contribution in [-0.2, 0) is 0 Å². The van der Waals surface area contributed by atoms with Crippen LogP contribution in [0.2, 0.25) is 0 Å². The van der Waals surface area contributed by atoms with Crippen molar-refractivity contribution < 1.29 is 9.21 Å². The van der Waals surface area contributed by atoms with Gasteiger partial charge in [-0.05, 0) is 43.7 Å². The molecule has 1 amide bonds. The normalized spacial score (nSPS) is 21.0. The predicted molar refractivity (Wildman–Crippen MR) is 92.7 cm³/mol. The molecule has 1 unspecified atom stereocenters. The summed E-state index contributed by atoms with van der Waals surface area (Å²) in [5, 5.41) is 1.07. The van der Waals surface area contributed by atoms with Gasteiger partial charge in [-0.15, -0.1) is 0 Å². The summed E-state index contributed by atoms with van der Waals surface area (Å²) < 4.78 is 6.00. The number of nitrogens with zero attached hydrogens (tertiary/aromatic N) is 1. The number of furan rings is 1. The first-order chi connectivity index (χ1) is 10.7. The number of rotatable bonds is 1. The van der Waals surface area contributed by atoms with Gasteiger partial charge in [-0.3, -0.25) is 4.79 Å². The Kier molecular flexibility index (Phi) is 3.75. The smallest absolute Gasteiger partial charge is 0.289 e. The van der Waals surface area contributed by atoms with E-state index >= 15 is 0 Å². The maximum Gasteiger partial charge on any atom is 0.289 e. The van der Waals surface area contributed by atoms with Gasteiger partial charge in [0.25, 0.3) is 5.91 Å². The lowest BCUT2D eigenvalue weighted by Gasteiger charge is -2.42. The Morgan fingerprint density at radius 2 is 1.91 bits per heavy atom. The van der Waals surface area contributed by atoms with Crippen molar-refractivity contribution in [3.05, 3.63) is 34.6 Å². The molecule has 1 aromatic heterocycles. The summed E-state index contributed by atoms with van der Waals surface area (Å²) in [6.07, 6.45) is 0.829. The molecule has 2 heterocycles. The van der Waals surface area contributed by atoms with Gasteiger partial charge in [0.1, 0.15) is 5.58 Å². The van der Waals surface area contributed by atoms with Gasteiger partial charge in [-0.25, -0.2) is 0 Å². The van der Waals surface area contributed by atoms with Gasteiger partial charge >= 0.3 is 0 Å². The number of hydrogen-bond donors (Lipinski definition) is 1. The number of fused-ring (bicyclic) bond motifs is 1. The van der Waals surface area contributed by atoms with Crippen molar-refractivity contribution in [3.8, 4) is 0 Å². The molecular formula is C19H26N2O2. The average Bonchev–Trinajstić information content (AvgIpc) is 2.84. The summed E-state index contributed by atoms with van der Waals surface area (Å²) in [6.45, 7) is 11.7. The molecule has 4 nitrogen and oxygen atoms in total. The fourth-order valence-corrected chi connectivity index (χ4v) is 3.57. The highest BCUT2D eigenvalue weighted by atomic mass is 16.3. The van der Waals surface area contributed by atoms with E-state index in [0.29, 0.717) is 18.8 Å². The summed E-state index contributed by atoms with van der Waals surface area (Å²) in [5.74, 6) is 0.459. The first-order valence-electron chi connectivity index (χ1n) is 8.26. The summed E-state index contributed by atoms with van der Waals surface area (Å²) in [4.78, 5) is 14.9. The number of hydrogen-bond acceptors (Lipinski definition) is 3. The average molecular weight is 314 g/mol. The molecular weight excluding hydrogens is 288 g/mol. The molecule has 124 valence electrons. The van der Waals surface area contributed by atoms with Crippen LogP contribution in [0.15, 0.2) is 16.5 Å². The van der Waals surface area contributed by atoms with Gasteiger partial charge in [0.2, 0.25) is 0 Å². The molecule has 1 atom stereocenters. The minimum atomic E-state index is -0.0698. The summed E-state index contributed by atoms with van der Waals surface area (Å²) >= 11 is 0. The van der Waals surface area contributed by atoms with Crippen molar-refractivity contribution in [2.24, 2.45) is 11.1 Å². The molecule has 1 aromatic carbocycles. The van der Waals surface area contributed by atoms with Crippen LogP contribution in [0.4, 0.5) is 0 Å². The third kappa shape index (κ3) is 2.55. The first-order valence-corrected chi connectivity index (χ1v) is 8.26. The van der Waals surface area contributed by atoms with Gasteiger partial charge in [0, 0.05) is 30.1 Å². The maximum absolute atomic E-state index is 13.0. The Balaban J connectivity index is 2.01. The Morgan fingerprint density at radius 1 is 1.26 bits per heavy atom. The zero-order valence-electron chi connectivity index (χ0n) is 14.7. The molecule has 3 rings (SSSR count). The Hall–Kier alpha value is -1.81. The largest absolute Gasteiger partial charge is 0.450 e. The van der Waals surface area contributed by atoms with Gasteiger partial charge in [-0.2, -0.15) is 0 Å². The molecule has 1 aliphatic rings. The fourth-order valence-electron chi connectivity index (χ4n) is 3.57. The first kappa shape index (κ1) is 16.1. The minimum absolute atomic E-state index is 0.0162. The third-order valence-electron chi connectivity index (χ3n) is 5.28. The number of aryl methyl sites for hydroxylation is 3. The number of piperidine rings is 1. The van der Waals surface area contributed by atoms with Crippen LogP contribution < -0.4 is 5.73 Å². The number of nitrogens with two attached hydrogens (primary N) is 1.